The van der Waals surface area contributed by atoms with Crippen LogP contribution in [0.4, 0.5) is 0 Å². The maximum atomic E-state index is 9.64. The predicted molar refractivity (Wildman–Crippen MR) is 114 cm³/mol. The van der Waals surface area contributed by atoms with Gasteiger partial charge in [0.1, 0.15) is 11.1 Å². The van der Waals surface area contributed by atoms with Gasteiger partial charge >= 0.3 is 0 Å². The Morgan fingerprint density at radius 2 is 2.11 bits per heavy atom. The molecule has 0 radical (unpaired) electrons. The number of ether oxygens (including phenoxy) is 2. The normalized spacial score (nSPS) is 11.6. The number of rotatable bonds is 6. The maximum Gasteiger partial charge on any atom is 0.175 e. The molecule has 0 aliphatic carbocycles. The summed E-state index contributed by atoms with van der Waals surface area (Å²) in [4.78, 5) is 4.57. The number of hydrogen-bond acceptors (Lipinski definition) is 5. The predicted octanol–water partition coefficient (Wildman–Crippen LogP) is 6.17. The molecule has 3 aromatic rings. The van der Waals surface area contributed by atoms with Crippen molar-refractivity contribution in [2.24, 2.45) is 5.92 Å². The summed E-state index contributed by atoms with van der Waals surface area (Å²) in [7, 11) is 1.61. The summed E-state index contributed by atoms with van der Waals surface area (Å²) in [5, 5.41) is 10.3. The number of thiazole rings is 1. The number of benzene rings is 2. The number of nitriles is 1. The van der Waals surface area contributed by atoms with Crippen LogP contribution in [0, 0.1) is 17.2 Å². The lowest BCUT2D eigenvalue weighted by Gasteiger charge is -2.15. The SMILES string of the molecule is COc1cc(/C=C(/C#N)c2nc3ccccc3s2)cc(Br)c1OCC(C)C. The van der Waals surface area contributed by atoms with Crippen molar-refractivity contribution in [1.29, 1.82) is 5.26 Å². The third-order valence-corrected chi connectivity index (χ3v) is 5.43. The van der Waals surface area contributed by atoms with Gasteiger partial charge in [-0.25, -0.2) is 4.98 Å². The van der Waals surface area contributed by atoms with E-state index in [1.165, 1.54) is 11.3 Å². The zero-order valence-electron chi connectivity index (χ0n) is 15.3. The third kappa shape index (κ3) is 4.49. The van der Waals surface area contributed by atoms with E-state index < -0.39 is 0 Å². The number of methoxy groups -OCH3 is 1. The van der Waals surface area contributed by atoms with Crippen LogP contribution < -0.4 is 9.47 Å². The van der Waals surface area contributed by atoms with Crippen LogP contribution in [0.3, 0.4) is 0 Å². The van der Waals surface area contributed by atoms with Gasteiger partial charge in [0.2, 0.25) is 0 Å². The Morgan fingerprint density at radius 3 is 2.78 bits per heavy atom. The molecule has 0 saturated heterocycles. The van der Waals surface area contributed by atoms with Gasteiger partial charge in [-0.1, -0.05) is 26.0 Å². The fraction of sp³-hybridized carbons (Fsp3) is 0.238. The monoisotopic (exact) mass is 442 g/mol. The van der Waals surface area contributed by atoms with Crippen LogP contribution in [-0.2, 0) is 0 Å². The lowest BCUT2D eigenvalue weighted by Crippen LogP contribution is -2.06. The third-order valence-electron chi connectivity index (χ3n) is 3.77. The van der Waals surface area contributed by atoms with Crippen LogP contribution in [-0.4, -0.2) is 18.7 Å². The van der Waals surface area contributed by atoms with E-state index in [1.54, 1.807) is 7.11 Å². The highest BCUT2D eigenvalue weighted by atomic mass is 79.9. The van der Waals surface area contributed by atoms with Gasteiger partial charge in [-0.05, 0) is 57.8 Å². The number of nitrogens with zero attached hydrogens (tertiary/aromatic N) is 2. The van der Waals surface area contributed by atoms with Crippen LogP contribution in [0.2, 0.25) is 0 Å². The van der Waals surface area contributed by atoms with Crippen LogP contribution in [0.1, 0.15) is 24.4 Å². The molecule has 1 aromatic heterocycles. The molecule has 0 aliphatic heterocycles. The van der Waals surface area contributed by atoms with E-state index >= 15 is 0 Å². The first-order valence-electron chi connectivity index (χ1n) is 8.50. The van der Waals surface area contributed by atoms with Crippen molar-refractivity contribution in [1.82, 2.24) is 4.98 Å². The molecule has 0 spiro atoms. The molecular formula is C21H19BrN2O2S. The molecule has 0 N–H and O–H groups in total. The van der Waals surface area contributed by atoms with Gasteiger partial charge in [-0.2, -0.15) is 5.26 Å². The van der Waals surface area contributed by atoms with Gasteiger partial charge < -0.3 is 9.47 Å². The summed E-state index contributed by atoms with van der Waals surface area (Å²) < 4.78 is 13.2. The van der Waals surface area contributed by atoms with Crippen molar-refractivity contribution in [2.45, 2.75) is 13.8 Å². The minimum atomic E-state index is 0.408. The maximum absolute atomic E-state index is 9.64. The summed E-state index contributed by atoms with van der Waals surface area (Å²) >= 11 is 5.06. The largest absolute Gasteiger partial charge is 0.493 e. The minimum Gasteiger partial charge on any atom is -0.493 e. The Morgan fingerprint density at radius 1 is 1.33 bits per heavy atom. The fourth-order valence-corrected chi connectivity index (χ4v) is 4.01. The summed E-state index contributed by atoms with van der Waals surface area (Å²) in [6.45, 7) is 4.78. The highest BCUT2D eigenvalue weighted by molar-refractivity contribution is 9.10. The van der Waals surface area contributed by atoms with Crippen molar-refractivity contribution in [3.63, 3.8) is 0 Å². The van der Waals surface area contributed by atoms with E-state index in [-0.39, 0.29) is 0 Å². The number of halogens is 1. The van der Waals surface area contributed by atoms with Crippen molar-refractivity contribution in [3.8, 4) is 17.6 Å². The first kappa shape index (κ1) is 19.4. The number of fused-ring (bicyclic) bond motifs is 1. The molecule has 0 atom stereocenters. The van der Waals surface area contributed by atoms with Gasteiger partial charge in [0.15, 0.2) is 11.5 Å². The second-order valence-corrected chi connectivity index (χ2v) is 8.28. The van der Waals surface area contributed by atoms with Gasteiger partial charge in [0.05, 0.1) is 34.0 Å². The molecule has 3 rings (SSSR count). The molecule has 1 heterocycles. The Balaban J connectivity index is 1.99. The van der Waals surface area contributed by atoms with E-state index in [0.717, 1.165) is 20.3 Å². The highest BCUT2D eigenvalue weighted by Gasteiger charge is 2.14. The van der Waals surface area contributed by atoms with Crippen molar-refractivity contribution in [2.75, 3.05) is 13.7 Å². The second kappa shape index (κ2) is 8.55. The molecule has 27 heavy (non-hydrogen) atoms. The van der Waals surface area contributed by atoms with E-state index in [2.05, 4.69) is 40.8 Å². The fourth-order valence-electron chi connectivity index (χ4n) is 2.51. The van der Waals surface area contributed by atoms with Gasteiger partial charge in [0, 0.05) is 0 Å². The number of allylic oxidation sites excluding steroid dienone is 1. The molecule has 0 fully saturated rings. The topological polar surface area (TPSA) is 55.1 Å². The van der Waals surface area contributed by atoms with Crippen LogP contribution in [0.25, 0.3) is 21.9 Å². The van der Waals surface area contributed by atoms with E-state index in [0.29, 0.717) is 34.6 Å². The molecule has 0 amide bonds. The standard InChI is InChI=1S/C21H19BrN2O2S/c1-13(2)12-26-20-16(22)9-14(10-18(20)25-3)8-15(11-23)21-24-17-6-4-5-7-19(17)27-21/h4-10,13H,12H2,1-3H3/b15-8-. The summed E-state index contributed by atoms with van der Waals surface area (Å²) in [6.07, 6.45) is 1.82. The molecule has 0 unspecified atom stereocenters. The van der Waals surface area contributed by atoms with Gasteiger partial charge in [-0.15, -0.1) is 11.3 Å². The zero-order valence-corrected chi connectivity index (χ0v) is 17.7. The van der Waals surface area contributed by atoms with Crippen molar-refractivity contribution in [3.05, 3.63) is 51.4 Å². The quantitative estimate of drug-likeness (QED) is 0.428. The molecular weight excluding hydrogens is 424 g/mol. The summed E-state index contributed by atoms with van der Waals surface area (Å²) in [6, 6.07) is 13.9. The lowest BCUT2D eigenvalue weighted by molar-refractivity contribution is 0.255. The second-order valence-electron chi connectivity index (χ2n) is 6.40. The lowest BCUT2D eigenvalue weighted by atomic mass is 10.1. The Hall–Kier alpha value is -2.36. The summed E-state index contributed by atoms with van der Waals surface area (Å²) in [5.41, 5.74) is 2.25. The molecule has 138 valence electrons. The van der Waals surface area contributed by atoms with Gasteiger partial charge in [-0.3, -0.25) is 0 Å². The molecule has 2 aromatic carbocycles. The molecule has 0 saturated carbocycles. The minimum absolute atomic E-state index is 0.408. The van der Waals surface area contributed by atoms with Gasteiger partial charge in [0.25, 0.3) is 0 Å². The number of aromatic nitrogens is 1. The first-order valence-corrected chi connectivity index (χ1v) is 10.1. The van der Waals surface area contributed by atoms with Crippen molar-refractivity contribution < 1.29 is 9.47 Å². The number of para-hydroxylation sites is 1. The smallest absolute Gasteiger partial charge is 0.175 e. The first-order chi connectivity index (χ1) is 13.0. The molecule has 0 bridgehead atoms. The van der Waals surface area contributed by atoms with Crippen molar-refractivity contribution >= 4 is 49.1 Å². The Kier molecular flexibility index (Phi) is 6.15. The molecule has 6 heteroatoms. The average molecular weight is 443 g/mol. The number of hydrogen-bond donors (Lipinski definition) is 0. The van der Waals surface area contributed by atoms with Crippen LogP contribution in [0.5, 0.6) is 11.5 Å². The van der Waals surface area contributed by atoms with E-state index in [1.807, 2.05) is 42.5 Å². The molecule has 0 aliphatic rings. The Bertz CT molecular complexity index is 1000. The average Bonchev–Trinajstić information content (AvgIpc) is 3.08. The molecule has 4 nitrogen and oxygen atoms in total. The van der Waals surface area contributed by atoms with E-state index in [9.17, 15) is 5.26 Å². The van der Waals surface area contributed by atoms with Crippen LogP contribution >= 0.6 is 27.3 Å². The van der Waals surface area contributed by atoms with Crippen LogP contribution in [0.15, 0.2) is 40.9 Å². The highest BCUT2D eigenvalue weighted by Crippen LogP contribution is 2.38. The Labute approximate surface area is 171 Å². The van der Waals surface area contributed by atoms with E-state index in [4.69, 9.17) is 9.47 Å². The zero-order chi connectivity index (χ0) is 19.4. The summed E-state index contributed by atoms with van der Waals surface area (Å²) in [5.74, 6) is 1.70.